The van der Waals surface area contributed by atoms with Gasteiger partial charge in [-0.1, -0.05) is 68.5 Å². The Morgan fingerprint density at radius 3 is 2.47 bits per heavy atom. The van der Waals surface area contributed by atoms with Crippen LogP contribution in [0.4, 0.5) is 0 Å². The number of esters is 1. The number of hydrogen-bond donors (Lipinski definition) is 0. The van der Waals surface area contributed by atoms with E-state index in [1.807, 2.05) is 62.4 Å². The van der Waals surface area contributed by atoms with Crippen LogP contribution in [0.1, 0.15) is 57.7 Å². The van der Waals surface area contributed by atoms with Crippen molar-refractivity contribution in [3.05, 3.63) is 101 Å². The second kappa shape index (κ2) is 10.4. The van der Waals surface area contributed by atoms with Crippen LogP contribution in [0.25, 0.3) is 10.5 Å². The SMILES string of the molecule is CCOC(=O)C=C(C)/C=C/C=C(\C)c1ccc2c(c1)C(S(=O)(=O)c1ccccc1)=CCC2(C)C. The van der Waals surface area contributed by atoms with Crippen molar-refractivity contribution in [3.63, 3.8) is 0 Å². The van der Waals surface area contributed by atoms with Gasteiger partial charge in [-0.3, -0.25) is 0 Å². The smallest absolute Gasteiger partial charge is 0.330 e. The van der Waals surface area contributed by atoms with E-state index < -0.39 is 9.84 Å². The first-order chi connectivity index (χ1) is 16.1. The van der Waals surface area contributed by atoms with Crippen LogP contribution in [0.15, 0.2) is 89.4 Å². The zero-order chi connectivity index (χ0) is 24.9. The highest BCUT2D eigenvalue weighted by Crippen LogP contribution is 2.43. The molecule has 0 unspecified atom stereocenters. The molecule has 0 atom stereocenters. The highest BCUT2D eigenvalue weighted by Gasteiger charge is 2.33. The van der Waals surface area contributed by atoms with Crippen LogP contribution in [-0.2, 0) is 24.8 Å². The van der Waals surface area contributed by atoms with E-state index >= 15 is 0 Å². The summed E-state index contributed by atoms with van der Waals surface area (Å²) in [5.74, 6) is -0.360. The van der Waals surface area contributed by atoms with Crippen LogP contribution >= 0.6 is 0 Å². The van der Waals surface area contributed by atoms with Crippen molar-refractivity contribution in [1.29, 1.82) is 0 Å². The van der Waals surface area contributed by atoms with Crippen LogP contribution in [-0.4, -0.2) is 21.0 Å². The molecular weight excluding hydrogens is 444 g/mol. The average molecular weight is 477 g/mol. The summed E-state index contributed by atoms with van der Waals surface area (Å²) in [6, 6.07) is 14.6. The van der Waals surface area contributed by atoms with Gasteiger partial charge in [0.1, 0.15) is 0 Å². The molecule has 0 N–H and O–H groups in total. The normalized spacial score (nSPS) is 16.2. The largest absolute Gasteiger partial charge is 0.463 e. The number of carbonyl (C=O) groups is 1. The predicted octanol–water partition coefficient (Wildman–Crippen LogP) is 6.65. The molecule has 0 aromatic heterocycles. The van der Waals surface area contributed by atoms with Crippen molar-refractivity contribution in [2.75, 3.05) is 6.61 Å². The van der Waals surface area contributed by atoms with Gasteiger partial charge >= 0.3 is 5.97 Å². The van der Waals surface area contributed by atoms with Crippen molar-refractivity contribution in [2.45, 2.75) is 51.3 Å². The molecule has 0 amide bonds. The molecule has 0 aliphatic heterocycles. The van der Waals surface area contributed by atoms with Gasteiger partial charge in [-0.2, -0.15) is 0 Å². The third-order valence-electron chi connectivity index (χ3n) is 5.95. The molecule has 1 aliphatic carbocycles. The van der Waals surface area contributed by atoms with E-state index in [4.69, 9.17) is 4.74 Å². The van der Waals surface area contributed by atoms with E-state index in [2.05, 4.69) is 13.8 Å². The van der Waals surface area contributed by atoms with Gasteiger partial charge in [-0.15, -0.1) is 0 Å². The summed E-state index contributed by atoms with van der Waals surface area (Å²) < 4.78 is 31.9. The maximum absolute atomic E-state index is 13.5. The first-order valence-electron chi connectivity index (χ1n) is 11.4. The van der Waals surface area contributed by atoms with Crippen molar-refractivity contribution in [3.8, 4) is 0 Å². The minimum Gasteiger partial charge on any atom is -0.463 e. The average Bonchev–Trinajstić information content (AvgIpc) is 2.79. The monoisotopic (exact) mass is 476 g/mol. The van der Waals surface area contributed by atoms with E-state index in [0.717, 1.165) is 27.8 Å². The molecule has 0 radical (unpaired) electrons. The van der Waals surface area contributed by atoms with Crippen molar-refractivity contribution < 1.29 is 17.9 Å². The van der Waals surface area contributed by atoms with E-state index in [9.17, 15) is 13.2 Å². The number of carbonyl (C=O) groups excluding carboxylic acids is 1. The molecular formula is C29H32O4S. The summed E-state index contributed by atoms with van der Waals surface area (Å²) in [5.41, 5.74) is 4.35. The fraction of sp³-hybridized carbons (Fsp3) is 0.276. The first-order valence-corrected chi connectivity index (χ1v) is 12.9. The maximum Gasteiger partial charge on any atom is 0.330 e. The van der Waals surface area contributed by atoms with Gasteiger partial charge in [0.25, 0.3) is 0 Å². The molecule has 2 aromatic carbocycles. The van der Waals surface area contributed by atoms with E-state index in [1.165, 1.54) is 6.08 Å². The summed E-state index contributed by atoms with van der Waals surface area (Å²) in [4.78, 5) is 12.2. The molecule has 0 saturated carbocycles. The molecule has 1 aliphatic rings. The molecule has 4 nitrogen and oxygen atoms in total. The summed E-state index contributed by atoms with van der Waals surface area (Å²) >= 11 is 0. The van der Waals surface area contributed by atoms with Gasteiger partial charge in [0.15, 0.2) is 0 Å². The minimum atomic E-state index is -3.64. The Balaban J connectivity index is 1.98. The Labute approximate surface area is 203 Å². The van der Waals surface area contributed by atoms with Gasteiger partial charge < -0.3 is 4.74 Å². The zero-order valence-corrected chi connectivity index (χ0v) is 21.3. The number of allylic oxidation sites excluding steroid dienone is 6. The number of ether oxygens (including phenoxy) is 1. The Morgan fingerprint density at radius 1 is 1.09 bits per heavy atom. The molecule has 0 spiro atoms. The Hall–Kier alpha value is -3.18. The van der Waals surface area contributed by atoms with Crippen LogP contribution in [0.5, 0.6) is 0 Å². The van der Waals surface area contributed by atoms with Gasteiger partial charge in [-0.25, -0.2) is 13.2 Å². The number of fused-ring (bicyclic) bond motifs is 1. The molecule has 3 rings (SSSR count). The quantitative estimate of drug-likeness (QED) is 0.255. The molecule has 5 heteroatoms. The highest BCUT2D eigenvalue weighted by molar-refractivity contribution is 8.00. The van der Waals surface area contributed by atoms with Crippen LogP contribution in [0.2, 0.25) is 0 Å². The standard InChI is InChI=1S/C29H32O4S/c1-6-33-28(30)19-21(2)11-10-12-22(3)23-15-16-26-25(20-23)27(17-18-29(26,4)5)34(31,32)24-13-8-7-9-14-24/h7-17,19-20H,6,18H2,1-5H3/b11-10+,21-19?,22-12+. The zero-order valence-electron chi connectivity index (χ0n) is 20.5. The summed E-state index contributed by atoms with van der Waals surface area (Å²) in [6.07, 6.45) is 9.64. The molecule has 0 bridgehead atoms. The molecule has 34 heavy (non-hydrogen) atoms. The van der Waals surface area contributed by atoms with E-state index in [1.54, 1.807) is 31.2 Å². The molecule has 2 aromatic rings. The fourth-order valence-electron chi connectivity index (χ4n) is 3.99. The van der Waals surface area contributed by atoms with Crippen LogP contribution < -0.4 is 0 Å². The van der Waals surface area contributed by atoms with Crippen molar-refractivity contribution >= 4 is 26.3 Å². The predicted molar refractivity (Wildman–Crippen MR) is 139 cm³/mol. The highest BCUT2D eigenvalue weighted by atomic mass is 32.2. The topological polar surface area (TPSA) is 60.4 Å². The first kappa shape index (κ1) is 25.4. The molecule has 0 saturated heterocycles. The molecule has 178 valence electrons. The summed E-state index contributed by atoms with van der Waals surface area (Å²) in [6.45, 7) is 10.2. The fourth-order valence-corrected chi connectivity index (χ4v) is 5.52. The molecule has 0 heterocycles. The lowest BCUT2D eigenvalue weighted by atomic mass is 9.75. The van der Waals surface area contributed by atoms with Gasteiger partial charge in [0.2, 0.25) is 9.84 Å². The number of rotatable bonds is 7. The Bertz CT molecular complexity index is 1290. The van der Waals surface area contributed by atoms with Crippen molar-refractivity contribution in [1.82, 2.24) is 0 Å². The summed E-state index contributed by atoms with van der Waals surface area (Å²) in [7, 11) is -3.64. The third-order valence-corrected chi connectivity index (χ3v) is 7.81. The Morgan fingerprint density at radius 2 is 1.79 bits per heavy atom. The second-order valence-corrected chi connectivity index (χ2v) is 11.0. The number of hydrogen-bond acceptors (Lipinski definition) is 4. The van der Waals surface area contributed by atoms with E-state index in [-0.39, 0.29) is 11.4 Å². The second-order valence-electron chi connectivity index (χ2n) is 9.08. The lowest BCUT2D eigenvalue weighted by Gasteiger charge is -2.32. The van der Waals surface area contributed by atoms with Gasteiger partial charge in [0.05, 0.1) is 16.4 Å². The maximum atomic E-state index is 13.5. The van der Waals surface area contributed by atoms with Gasteiger partial charge in [-0.05, 0) is 78.6 Å². The lowest BCUT2D eigenvalue weighted by Crippen LogP contribution is -2.23. The lowest BCUT2D eigenvalue weighted by molar-refractivity contribution is -0.137. The van der Waals surface area contributed by atoms with Gasteiger partial charge in [0, 0.05) is 6.08 Å². The number of benzene rings is 2. The van der Waals surface area contributed by atoms with Crippen LogP contribution in [0.3, 0.4) is 0 Å². The van der Waals surface area contributed by atoms with E-state index in [0.29, 0.717) is 22.8 Å². The minimum absolute atomic E-state index is 0.157. The number of sulfone groups is 1. The summed E-state index contributed by atoms with van der Waals surface area (Å²) in [5, 5.41) is 0. The third kappa shape index (κ3) is 5.65. The Kier molecular flexibility index (Phi) is 7.78. The van der Waals surface area contributed by atoms with Crippen molar-refractivity contribution in [2.24, 2.45) is 0 Å². The molecule has 0 fully saturated rings. The van der Waals surface area contributed by atoms with Crippen LogP contribution in [0, 0.1) is 0 Å².